The van der Waals surface area contributed by atoms with Gasteiger partial charge in [-0.25, -0.2) is 4.98 Å². The molecule has 1 atom stereocenters. The van der Waals surface area contributed by atoms with Gasteiger partial charge in [0.1, 0.15) is 5.01 Å². The number of rotatable bonds is 5. The Hall–Kier alpha value is -0.650. The molecule has 21 heavy (non-hydrogen) atoms. The van der Waals surface area contributed by atoms with Gasteiger partial charge in [0.25, 0.3) is 0 Å². The van der Waals surface area contributed by atoms with Crippen LogP contribution in [0.1, 0.15) is 17.8 Å². The van der Waals surface area contributed by atoms with Crippen LogP contribution in [0.2, 0.25) is 10.0 Å². The Balaban J connectivity index is 1.61. The summed E-state index contributed by atoms with van der Waals surface area (Å²) < 4.78 is 5.58. The summed E-state index contributed by atoms with van der Waals surface area (Å²) in [5.74, 6) is 0. The number of benzene rings is 1. The van der Waals surface area contributed by atoms with E-state index in [1.807, 2.05) is 18.3 Å². The van der Waals surface area contributed by atoms with Crippen molar-refractivity contribution in [1.29, 1.82) is 0 Å². The zero-order valence-electron chi connectivity index (χ0n) is 11.4. The van der Waals surface area contributed by atoms with E-state index in [1.54, 1.807) is 17.4 Å². The lowest BCUT2D eigenvalue weighted by Gasteiger charge is -2.09. The fraction of sp³-hybridized carbons (Fsp3) is 0.400. The van der Waals surface area contributed by atoms with Crippen LogP contribution in [0, 0.1) is 0 Å². The Labute approximate surface area is 138 Å². The van der Waals surface area contributed by atoms with E-state index in [1.165, 1.54) is 6.42 Å². The quantitative estimate of drug-likeness (QED) is 0.875. The Bertz CT molecular complexity index is 611. The molecule has 1 unspecified atom stereocenters. The van der Waals surface area contributed by atoms with Crippen molar-refractivity contribution in [1.82, 2.24) is 10.3 Å². The van der Waals surface area contributed by atoms with Gasteiger partial charge >= 0.3 is 0 Å². The first-order chi connectivity index (χ1) is 10.2. The molecule has 1 N–H and O–H groups in total. The molecule has 0 spiro atoms. The third-order valence-electron chi connectivity index (χ3n) is 3.44. The third-order valence-corrected chi connectivity index (χ3v) is 5.29. The summed E-state index contributed by atoms with van der Waals surface area (Å²) in [6.07, 6.45) is 4.52. The van der Waals surface area contributed by atoms with Crippen LogP contribution in [0.15, 0.2) is 24.4 Å². The van der Waals surface area contributed by atoms with Crippen molar-refractivity contribution in [2.24, 2.45) is 0 Å². The van der Waals surface area contributed by atoms with Gasteiger partial charge in [-0.2, -0.15) is 0 Å². The average molecular weight is 343 g/mol. The standard InChI is InChI=1S/C15H16Cl2N2OS/c16-12-5-1-4-11(15(12)17)13-8-19-14(21-13)9-18-7-10-3-2-6-20-10/h1,4-5,8,10,18H,2-3,6-7,9H2. The van der Waals surface area contributed by atoms with Gasteiger partial charge in [0.2, 0.25) is 0 Å². The number of thiazole rings is 1. The number of hydrogen-bond donors (Lipinski definition) is 1. The van der Waals surface area contributed by atoms with E-state index < -0.39 is 0 Å². The Morgan fingerprint density at radius 3 is 3.10 bits per heavy atom. The second-order valence-corrected chi connectivity index (χ2v) is 6.89. The molecule has 1 fully saturated rings. The molecule has 0 aliphatic carbocycles. The number of ether oxygens (including phenoxy) is 1. The molecule has 1 aliphatic heterocycles. The first kappa shape index (κ1) is 15.3. The van der Waals surface area contributed by atoms with Gasteiger partial charge in [-0.15, -0.1) is 11.3 Å². The van der Waals surface area contributed by atoms with Gasteiger partial charge in [0.05, 0.1) is 21.0 Å². The molecule has 3 rings (SSSR count). The molecule has 1 aliphatic rings. The van der Waals surface area contributed by atoms with Gasteiger partial charge in [-0.3, -0.25) is 0 Å². The Kier molecular flexibility index (Phi) is 5.14. The molecule has 2 aromatic rings. The lowest BCUT2D eigenvalue weighted by Crippen LogP contribution is -2.25. The van der Waals surface area contributed by atoms with Crippen LogP contribution >= 0.6 is 34.5 Å². The minimum absolute atomic E-state index is 0.354. The molecular weight excluding hydrogens is 327 g/mol. The van der Waals surface area contributed by atoms with Crippen molar-refractivity contribution in [2.45, 2.75) is 25.5 Å². The molecule has 112 valence electrons. The van der Waals surface area contributed by atoms with E-state index in [9.17, 15) is 0 Å². The van der Waals surface area contributed by atoms with E-state index in [-0.39, 0.29) is 0 Å². The second-order valence-electron chi connectivity index (χ2n) is 4.99. The van der Waals surface area contributed by atoms with Gasteiger partial charge in [0.15, 0.2) is 0 Å². The molecular formula is C15H16Cl2N2OS. The fourth-order valence-corrected chi connectivity index (χ4v) is 3.73. The minimum atomic E-state index is 0.354. The summed E-state index contributed by atoms with van der Waals surface area (Å²) in [4.78, 5) is 5.48. The fourth-order valence-electron chi connectivity index (χ4n) is 2.36. The molecule has 0 bridgehead atoms. The predicted molar refractivity (Wildman–Crippen MR) is 88.3 cm³/mol. The molecule has 1 saturated heterocycles. The number of nitrogens with one attached hydrogen (secondary N) is 1. The van der Waals surface area contributed by atoms with Crippen LogP contribution < -0.4 is 5.32 Å². The van der Waals surface area contributed by atoms with E-state index in [4.69, 9.17) is 27.9 Å². The highest BCUT2D eigenvalue weighted by Crippen LogP contribution is 2.36. The largest absolute Gasteiger partial charge is 0.377 e. The van der Waals surface area contributed by atoms with Crippen molar-refractivity contribution < 1.29 is 4.74 Å². The van der Waals surface area contributed by atoms with E-state index in [0.29, 0.717) is 16.1 Å². The first-order valence-corrected chi connectivity index (χ1v) is 8.52. The zero-order valence-corrected chi connectivity index (χ0v) is 13.8. The highest BCUT2D eigenvalue weighted by atomic mass is 35.5. The molecule has 1 aromatic heterocycles. The smallest absolute Gasteiger partial charge is 0.107 e. The summed E-state index contributed by atoms with van der Waals surface area (Å²) in [5, 5.41) is 5.59. The summed E-state index contributed by atoms with van der Waals surface area (Å²) in [7, 11) is 0. The SMILES string of the molecule is Clc1cccc(-c2cnc(CNCC3CCCO3)s2)c1Cl. The molecule has 0 saturated carbocycles. The van der Waals surface area contributed by atoms with Crippen molar-refractivity contribution in [3.8, 4) is 10.4 Å². The van der Waals surface area contributed by atoms with Crippen LogP contribution in [-0.2, 0) is 11.3 Å². The molecule has 1 aromatic carbocycles. The molecule has 0 radical (unpaired) electrons. The predicted octanol–water partition coefficient (Wildman–Crippen LogP) is 4.39. The van der Waals surface area contributed by atoms with E-state index in [2.05, 4.69) is 10.3 Å². The minimum Gasteiger partial charge on any atom is -0.377 e. The first-order valence-electron chi connectivity index (χ1n) is 6.95. The van der Waals surface area contributed by atoms with Crippen molar-refractivity contribution in [3.63, 3.8) is 0 Å². The lowest BCUT2D eigenvalue weighted by molar-refractivity contribution is 0.110. The summed E-state index contributed by atoms with van der Waals surface area (Å²) in [5.41, 5.74) is 0.937. The van der Waals surface area contributed by atoms with Gasteiger partial charge in [-0.05, 0) is 18.9 Å². The summed E-state index contributed by atoms with van der Waals surface area (Å²) in [6, 6.07) is 5.66. The molecule has 0 amide bonds. The summed E-state index contributed by atoms with van der Waals surface area (Å²) in [6.45, 7) is 2.52. The van der Waals surface area contributed by atoms with Crippen molar-refractivity contribution in [2.75, 3.05) is 13.2 Å². The highest BCUT2D eigenvalue weighted by molar-refractivity contribution is 7.15. The maximum absolute atomic E-state index is 6.24. The van der Waals surface area contributed by atoms with Crippen LogP contribution in [-0.4, -0.2) is 24.2 Å². The van der Waals surface area contributed by atoms with Crippen LogP contribution in [0.4, 0.5) is 0 Å². The van der Waals surface area contributed by atoms with Crippen LogP contribution in [0.25, 0.3) is 10.4 Å². The molecule has 6 heteroatoms. The lowest BCUT2D eigenvalue weighted by atomic mass is 10.2. The normalized spacial score (nSPS) is 18.3. The van der Waals surface area contributed by atoms with Crippen LogP contribution in [0.3, 0.4) is 0 Å². The monoisotopic (exact) mass is 342 g/mol. The van der Waals surface area contributed by atoms with Crippen molar-refractivity contribution >= 4 is 34.5 Å². The van der Waals surface area contributed by atoms with E-state index >= 15 is 0 Å². The third kappa shape index (κ3) is 3.76. The summed E-state index contributed by atoms with van der Waals surface area (Å²) >= 11 is 13.9. The number of halogens is 2. The van der Waals surface area contributed by atoms with Gasteiger partial charge < -0.3 is 10.1 Å². The zero-order chi connectivity index (χ0) is 14.7. The Morgan fingerprint density at radius 2 is 2.29 bits per heavy atom. The van der Waals surface area contributed by atoms with Gasteiger partial charge in [-0.1, -0.05) is 35.3 Å². The Morgan fingerprint density at radius 1 is 1.38 bits per heavy atom. The topological polar surface area (TPSA) is 34.2 Å². The number of nitrogens with zero attached hydrogens (tertiary/aromatic N) is 1. The van der Waals surface area contributed by atoms with Crippen LogP contribution in [0.5, 0.6) is 0 Å². The maximum Gasteiger partial charge on any atom is 0.107 e. The number of aromatic nitrogens is 1. The van der Waals surface area contributed by atoms with Crippen molar-refractivity contribution in [3.05, 3.63) is 39.4 Å². The molecule has 2 heterocycles. The highest BCUT2D eigenvalue weighted by Gasteiger charge is 2.15. The average Bonchev–Trinajstić information content (AvgIpc) is 3.14. The molecule has 3 nitrogen and oxygen atoms in total. The maximum atomic E-state index is 6.24. The second kappa shape index (κ2) is 7.07. The van der Waals surface area contributed by atoms with Gasteiger partial charge in [0, 0.05) is 31.5 Å². The van der Waals surface area contributed by atoms with E-state index in [0.717, 1.165) is 41.6 Å². The number of hydrogen-bond acceptors (Lipinski definition) is 4.